The van der Waals surface area contributed by atoms with Gasteiger partial charge in [-0.15, -0.1) is 0 Å². The third-order valence-electron chi connectivity index (χ3n) is 3.31. The van der Waals surface area contributed by atoms with E-state index < -0.39 is 0 Å². The number of hydrogen-bond acceptors (Lipinski definition) is 3. The first-order chi connectivity index (χ1) is 9.09. The summed E-state index contributed by atoms with van der Waals surface area (Å²) in [5.41, 5.74) is 1.65. The molecule has 0 aromatic heterocycles. The summed E-state index contributed by atoms with van der Waals surface area (Å²) < 4.78 is 5.60. The minimum Gasteiger partial charge on any atom is -0.494 e. The van der Waals surface area contributed by atoms with Gasteiger partial charge in [-0.1, -0.05) is 20.8 Å². The van der Waals surface area contributed by atoms with E-state index in [1.807, 2.05) is 0 Å². The number of rotatable bonds is 5. The summed E-state index contributed by atoms with van der Waals surface area (Å²) in [7, 11) is 0. The predicted molar refractivity (Wildman–Crippen MR) is 85.4 cm³/mol. The highest BCUT2D eigenvalue weighted by Gasteiger charge is 2.28. The first-order valence-corrected chi connectivity index (χ1v) is 8.32. The van der Waals surface area contributed by atoms with Gasteiger partial charge in [0.25, 0.3) is 0 Å². The number of benzene rings is 1. The van der Waals surface area contributed by atoms with E-state index in [9.17, 15) is 0 Å². The van der Waals surface area contributed by atoms with Gasteiger partial charge >= 0.3 is 0 Å². The van der Waals surface area contributed by atoms with E-state index in [2.05, 4.69) is 62.1 Å². The second kappa shape index (κ2) is 6.56. The normalized spacial score (nSPS) is 21.9. The third kappa shape index (κ3) is 4.64. The molecule has 0 spiro atoms. The second-order valence-corrected chi connectivity index (χ2v) is 7.13. The maximum Gasteiger partial charge on any atom is 0.119 e. The molecular formula is C16H25NOS. The Morgan fingerprint density at radius 3 is 2.68 bits per heavy atom. The number of thioether (sulfide) groups is 1. The van der Waals surface area contributed by atoms with Gasteiger partial charge in [-0.3, -0.25) is 0 Å². The SMILES string of the molecule is CCCOc1ccc(NC2CSCC(C)(C)C2)cc1. The standard InChI is InChI=1S/C16H25NOS/c1-4-9-18-15-7-5-13(6-8-15)17-14-10-16(2,3)12-19-11-14/h5-8,14,17H,4,9-12H2,1-3H3. The van der Waals surface area contributed by atoms with E-state index in [4.69, 9.17) is 4.74 Å². The van der Waals surface area contributed by atoms with Crippen LogP contribution in [0.3, 0.4) is 0 Å². The van der Waals surface area contributed by atoms with Gasteiger partial charge in [0.1, 0.15) is 5.75 Å². The van der Waals surface area contributed by atoms with E-state index in [0.29, 0.717) is 11.5 Å². The molecule has 1 aliphatic heterocycles. The molecule has 106 valence electrons. The Balaban J connectivity index is 1.88. The third-order valence-corrected chi connectivity index (χ3v) is 4.93. The monoisotopic (exact) mass is 279 g/mol. The van der Waals surface area contributed by atoms with Crippen molar-refractivity contribution in [1.29, 1.82) is 0 Å². The van der Waals surface area contributed by atoms with Crippen LogP contribution < -0.4 is 10.1 Å². The summed E-state index contributed by atoms with van der Waals surface area (Å²) >= 11 is 2.06. The molecular weight excluding hydrogens is 254 g/mol. The van der Waals surface area contributed by atoms with E-state index in [-0.39, 0.29) is 0 Å². The lowest BCUT2D eigenvalue weighted by molar-refractivity contribution is 0.317. The molecule has 1 saturated heterocycles. The lowest BCUT2D eigenvalue weighted by atomic mass is 9.88. The van der Waals surface area contributed by atoms with Gasteiger partial charge in [-0.2, -0.15) is 11.8 Å². The topological polar surface area (TPSA) is 21.3 Å². The quantitative estimate of drug-likeness (QED) is 0.862. The van der Waals surface area contributed by atoms with Gasteiger partial charge in [0.2, 0.25) is 0 Å². The lowest BCUT2D eigenvalue weighted by Gasteiger charge is -2.35. The molecule has 0 amide bonds. The fraction of sp³-hybridized carbons (Fsp3) is 0.625. The summed E-state index contributed by atoms with van der Waals surface area (Å²) in [5.74, 6) is 3.44. The Hall–Kier alpha value is -0.830. The smallest absolute Gasteiger partial charge is 0.119 e. The van der Waals surface area contributed by atoms with Crippen LogP contribution in [0.2, 0.25) is 0 Å². The van der Waals surface area contributed by atoms with Gasteiger partial charge < -0.3 is 10.1 Å². The highest BCUT2D eigenvalue weighted by molar-refractivity contribution is 7.99. The van der Waals surface area contributed by atoms with Crippen molar-refractivity contribution in [3.8, 4) is 5.75 Å². The van der Waals surface area contributed by atoms with Crippen LogP contribution in [0.15, 0.2) is 24.3 Å². The van der Waals surface area contributed by atoms with E-state index in [0.717, 1.165) is 18.8 Å². The predicted octanol–water partition coefficient (Wildman–Crippen LogP) is 4.42. The molecule has 1 aromatic rings. The molecule has 1 aliphatic rings. The van der Waals surface area contributed by atoms with Crippen LogP contribution in [0.1, 0.15) is 33.6 Å². The lowest BCUT2D eigenvalue weighted by Crippen LogP contribution is -2.35. The van der Waals surface area contributed by atoms with Crippen LogP contribution >= 0.6 is 11.8 Å². The molecule has 2 nitrogen and oxygen atoms in total. The Bertz CT molecular complexity index is 388. The molecule has 1 N–H and O–H groups in total. The van der Waals surface area contributed by atoms with Crippen molar-refractivity contribution in [2.45, 2.75) is 39.7 Å². The van der Waals surface area contributed by atoms with Crippen molar-refractivity contribution in [3.63, 3.8) is 0 Å². The average Bonchev–Trinajstić information content (AvgIpc) is 2.37. The molecule has 1 heterocycles. The van der Waals surface area contributed by atoms with Gasteiger partial charge in [0.15, 0.2) is 0 Å². The van der Waals surface area contributed by atoms with Crippen LogP contribution in [0, 0.1) is 5.41 Å². The highest BCUT2D eigenvalue weighted by Crippen LogP contribution is 2.34. The van der Waals surface area contributed by atoms with Crippen molar-refractivity contribution < 1.29 is 4.74 Å². The zero-order chi connectivity index (χ0) is 13.7. The number of nitrogens with one attached hydrogen (secondary N) is 1. The largest absolute Gasteiger partial charge is 0.494 e. The maximum atomic E-state index is 5.60. The molecule has 1 aromatic carbocycles. The molecule has 0 bridgehead atoms. The summed E-state index contributed by atoms with van der Waals surface area (Å²) in [4.78, 5) is 0. The van der Waals surface area contributed by atoms with Gasteiger partial charge in [0, 0.05) is 17.5 Å². The molecule has 0 radical (unpaired) electrons. The number of ether oxygens (including phenoxy) is 1. The van der Waals surface area contributed by atoms with Gasteiger partial charge in [-0.25, -0.2) is 0 Å². The van der Waals surface area contributed by atoms with Crippen molar-refractivity contribution >= 4 is 17.4 Å². The highest BCUT2D eigenvalue weighted by atomic mass is 32.2. The van der Waals surface area contributed by atoms with Crippen LogP contribution in [-0.4, -0.2) is 24.2 Å². The zero-order valence-electron chi connectivity index (χ0n) is 12.2. The summed E-state index contributed by atoms with van der Waals surface area (Å²) in [6, 6.07) is 8.93. The Kier molecular flexibility index (Phi) is 5.03. The van der Waals surface area contributed by atoms with E-state index >= 15 is 0 Å². The molecule has 2 rings (SSSR count). The molecule has 3 heteroatoms. The minimum absolute atomic E-state index is 0.449. The zero-order valence-corrected chi connectivity index (χ0v) is 13.1. The molecule has 0 saturated carbocycles. The van der Waals surface area contributed by atoms with Crippen LogP contribution in [0.5, 0.6) is 5.75 Å². The fourth-order valence-electron chi connectivity index (χ4n) is 2.46. The van der Waals surface area contributed by atoms with Crippen LogP contribution in [0.25, 0.3) is 0 Å². The Morgan fingerprint density at radius 1 is 1.32 bits per heavy atom. The maximum absolute atomic E-state index is 5.60. The first-order valence-electron chi connectivity index (χ1n) is 7.16. The fourth-order valence-corrected chi connectivity index (χ4v) is 3.73. The van der Waals surface area contributed by atoms with Crippen LogP contribution in [0.4, 0.5) is 5.69 Å². The number of anilines is 1. The van der Waals surface area contributed by atoms with Crippen molar-refractivity contribution in [3.05, 3.63) is 24.3 Å². The van der Waals surface area contributed by atoms with E-state index in [1.54, 1.807) is 0 Å². The molecule has 1 unspecified atom stereocenters. The summed E-state index contributed by atoms with van der Waals surface area (Å²) in [5, 5.41) is 3.64. The van der Waals surface area contributed by atoms with Crippen molar-refractivity contribution in [1.82, 2.24) is 0 Å². The second-order valence-electron chi connectivity index (χ2n) is 6.10. The first kappa shape index (κ1) is 14.6. The molecule has 0 aliphatic carbocycles. The summed E-state index contributed by atoms with van der Waals surface area (Å²) in [6.45, 7) is 7.63. The molecule has 19 heavy (non-hydrogen) atoms. The molecule has 1 fully saturated rings. The number of hydrogen-bond donors (Lipinski definition) is 1. The van der Waals surface area contributed by atoms with Crippen molar-refractivity contribution in [2.75, 3.05) is 23.4 Å². The average molecular weight is 279 g/mol. The Morgan fingerprint density at radius 2 is 2.05 bits per heavy atom. The minimum atomic E-state index is 0.449. The summed E-state index contributed by atoms with van der Waals surface area (Å²) in [6.07, 6.45) is 2.29. The van der Waals surface area contributed by atoms with Crippen LogP contribution in [-0.2, 0) is 0 Å². The van der Waals surface area contributed by atoms with Gasteiger partial charge in [0.05, 0.1) is 6.61 Å². The molecule has 1 atom stereocenters. The van der Waals surface area contributed by atoms with Gasteiger partial charge in [-0.05, 0) is 48.3 Å². The Labute approximate surface area is 121 Å². The van der Waals surface area contributed by atoms with E-state index in [1.165, 1.54) is 23.6 Å². The van der Waals surface area contributed by atoms with Crippen molar-refractivity contribution in [2.24, 2.45) is 5.41 Å².